The van der Waals surface area contributed by atoms with Crippen molar-refractivity contribution in [3.05, 3.63) is 118 Å². The minimum absolute atomic E-state index is 0.949. The van der Waals surface area contributed by atoms with Gasteiger partial charge in [-0.25, -0.2) is 0 Å². The Labute approximate surface area is 234 Å². The monoisotopic (exact) mass is 765 g/mol. The number of hydrogen-bond acceptors (Lipinski definition) is 3. The summed E-state index contributed by atoms with van der Waals surface area (Å²) < 4.78 is 3.34. The Bertz CT molecular complexity index is 1180. The van der Waals surface area contributed by atoms with Crippen molar-refractivity contribution in [3.63, 3.8) is 0 Å². The molecule has 0 saturated heterocycles. The molecule has 6 heteroatoms. The van der Waals surface area contributed by atoms with E-state index in [1.165, 1.54) is 0 Å². The van der Waals surface area contributed by atoms with E-state index < -0.39 is 0 Å². The average Bonchev–Trinajstić information content (AvgIpc) is 2.82. The highest BCUT2D eigenvalue weighted by atomic mass is 127. The third-order valence-electron chi connectivity index (χ3n) is 4.62. The molecule has 0 amide bonds. The molecule has 4 rings (SSSR count). The SMILES string of the molecule is Ic1ccccc1N=Cc1cc(C=Nc2ccccc2I)cc(C=Nc2ccccc2I)c1. The fraction of sp³-hybridized carbons (Fsp3) is 0. The number of halogens is 3. The second kappa shape index (κ2) is 12.0. The van der Waals surface area contributed by atoms with Gasteiger partial charge in [0.25, 0.3) is 0 Å². The molecule has 0 aliphatic heterocycles. The van der Waals surface area contributed by atoms with Crippen LogP contribution in [0.15, 0.2) is 106 Å². The van der Waals surface area contributed by atoms with E-state index in [9.17, 15) is 0 Å². The lowest BCUT2D eigenvalue weighted by atomic mass is 10.1. The van der Waals surface area contributed by atoms with Crippen molar-refractivity contribution in [1.29, 1.82) is 0 Å². The molecule has 3 nitrogen and oxygen atoms in total. The van der Waals surface area contributed by atoms with Gasteiger partial charge in [0.1, 0.15) is 0 Å². The molecule has 0 unspecified atom stereocenters. The summed E-state index contributed by atoms with van der Waals surface area (Å²) in [5.74, 6) is 0. The topological polar surface area (TPSA) is 37.1 Å². The van der Waals surface area contributed by atoms with Gasteiger partial charge in [0, 0.05) is 29.4 Å². The number of hydrogen-bond donors (Lipinski definition) is 0. The molecular formula is C27H18I3N3. The normalized spacial score (nSPS) is 11.7. The standard InChI is InChI=1S/C27H18I3N3/c28-22-7-1-4-10-25(22)31-16-19-13-20(17-32-26-11-5-2-8-23(26)29)15-21(14-19)18-33-27-12-6-3-9-24(27)30/h1-18H. The Morgan fingerprint density at radius 1 is 0.424 bits per heavy atom. The third-order valence-corrected chi connectivity index (χ3v) is 7.35. The molecule has 0 heterocycles. The molecular weight excluding hydrogens is 747 g/mol. The van der Waals surface area contributed by atoms with Crippen molar-refractivity contribution >= 4 is 103 Å². The molecule has 0 atom stereocenters. The predicted octanol–water partition coefficient (Wildman–Crippen LogP) is 8.75. The zero-order valence-corrected chi connectivity index (χ0v) is 23.8. The number of aliphatic imine (C=N–C) groups is 3. The second-order valence-corrected chi connectivity index (χ2v) is 10.5. The molecule has 0 radical (unpaired) electrons. The third kappa shape index (κ3) is 7.03. The highest BCUT2D eigenvalue weighted by molar-refractivity contribution is 14.1. The van der Waals surface area contributed by atoms with E-state index in [1.54, 1.807) is 0 Å². The van der Waals surface area contributed by atoms with Crippen LogP contribution < -0.4 is 0 Å². The van der Waals surface area contributed by atoms with Crippen LogP contribution in [0.2, 0.25) is 0 Å². The van der Waals surface area contributed by atoms with Gasteiger partial charge in [0.2, 0.25) is 0 Å². The van der Waals surface area contributed by atoms with E-state index >= 15 is 0 Å². The van der Waals surface area contributed by atoms with Gasteiger partial charge in [-0.2, -0.15) is 0 Å². The second-order valence-electron chi connectivity index (χ2n) is 7.06. The largest absolute Gasteiger partial charge is 0.255 e. The molecule has 4 aromatic rings. The zero-order chi connectivity index (χ0) is 23.0. The quantitative estimate of drug-likeness (QED) is 0.139. The minimum atomic E-state index is 0.949. The van der Waals surface area contributed by atoms with Crippen LogP contribution in [-0.4, -0.2) is 18.6 Å². The van der Waals surface area contributed by atoms with E-state index in [-0.39, 0.29) is 0 Å². The summed E-state index contributed by atoms with van der Waals surface area (Å²) in [6, 6.07) is 30.5. The first-order valence-corrected chi connectivity index (χ1v) is 13.3. The van der Waals surface area contributed by atoms with E-state index in [2.05, 4.69) is 104 Å². The number of nitrogens with zero attached hydrogens (tertiary/aromatic N) is 3. The molecule has 0 fully saturated rings. The van der Waals surface area contributed by atoms with Gasteiger partial charge >= 0.3 is 0 Å². The van der Waals surface area contributed by atoms with E-state index in [0.29, 0.717) is 0 Å². The van der Waals surface area contributed by atoms with Gasteiger partial charge in [-0.1, -0.05) is 36.4 Å². The highest BCUT2D eigenvalue weighted by Crippen LogP contribution is 2.23. The fourth-order valence-corrected chi connectivity index (χ4v) is 4.61. The first-order chi connectivity index (χ1) is 16.1. The van der Waals surface area contributed by atoms with Crippen molar-refractivity contribution in [2.45, 2.75) is 0 Å². The van der Waals surface area contributed by atoms with Crippen LogP contribution in [0.1, 0.15) is 16.7 Å². The van der Waals surface area contributed by atoms with Gasteiger partial charge in [-0.3, -0.25) is 15.0 Å². The maximum Gasteiger partial charge on any atom is 0.0763 e. The van der Waals surface area contributed by atoms with Gasteiger partial charge in [-0.15, -0.1) is 0 Å². The van der Waals surface area contributed by atoms with Crippen LogP contribution in [0.5, 0.6) is 0 Å². The summed E-state index contributed by atoms with van der Waals surface area (Å²) in [7, 11) is 0. The smallest absolute Gasteiger partial charge is 0.0763 e. The summed E-state index contributed by atoms with van der Waals surface area (Å²) in [5, 5.41) is 0. The molecule has 0 aromatic heterocycles. The number of para-hydroxylation sites is 3. The van der Waals surface area contributed by atoms with Gasteiger partial charge in [0.05, 0.1) is 17.1 Å². The van der Waals surface area contributed by atoms with Crippen LogP contribution in [0.25, 0.3) is 0 Å². The van der Waals surface area contributed by atoms with E-state index in [4.69, 9.17) is 15.0 Å². The Morgan fingerprint density at radius 2 is 0.697 bits per heavy atom. The van der Waals surface area contributed by atoms with E-state index in [0.717, 1.165) is 44.5 Å². The molecule has 0 N–H and O–H groups in total. The molecule has 33 heavy (non-hydrogen) atoms. The summed E-state index contributed by atoms with van der Waals surface area (Å²) in [6.07, 6.45) is 5.68. The molecule has 4 aromatic carbocycles. The average molecular weight is 765 g/mol. The van der Waals surface area contributed by atoms with E-state index in [1.807, 2.05) is 73.2 Å². The lowest BCUT2D eigenvalue weighted by molar-refractivity contribution is 1.47. The Morgan fingerprint density at radius 3 is 0.970 bits per heavy atom. The molecule has 0 aliphatic rings. The lowest BCUT2D eigenvalue weighted by Gasteiger charge is -2.03. The Hall–Kier alpha value is -1.92. The van der Waals surface area contributed by atoms with Gasteiger partial charge < -0.3 is 0 Å². The van der Waals surface area contributed by atoms with Crippen LogP contribution in [0.3, 0.4) is 0 Å². The summed E-state index contributed by atoms with van der Waals surface area (Å²) in [6.45, 7) is 0. The van der Waals surface area contributed by atoms with Gasteiger partial charge in [-0.05, 0) is 139 Å². The first-order valence-electron chi connectivity index (χ1n) is 10.1. The van der Waals surface area contributed by atoms with Crippen LogP contribution in [0.4, 0.5) is 17.1 Å². The number of benzene rings is 4. The molecule has 162 valence electrons. The molecule has 0 spiro atoms. The fourth-order valence-electron chi connectivity index (χ4n) is 3.03. The van der Waals surface area contributed by atoms with Crippen LogP contribution in [-0.2, 0) is 0 Å². The summed E-state index contributed by atoms with van der Waals surface area (Å²) >= 11 is 6.91. The summed E-state index contributed by atoms with van der Waals surface area (Å²) in [4.78, 5) is 14.1. The molecule has 0 aliphatic carbocycles. The molecule has 0 bridgehead atoms. The van der Waals surface area contributed by atoms with Crippen molar-refractivity contribution in [3.8, 4) is 0 Å². The minimum Gasteiger partial charge on any atom is -0.255 e. The highest BCUT2D eigenvalue weighted by Gasteiger charge is 2.01. The van der Waals surface area contributed by atoms with Crippen molar-refractivity contribution in [1.82, 2.24) is 0 Å². The Kier molecular flexibility index (Phi) is 8.79. The molecule has 0 saturated carbocycles. The van der Waals surface area contributed by atoms with Crippen molar-refractivity contribution in [2.75, 3.05) is 0 Å². The maximum atomic E-state index is 4.70. The zero-order valence-electron chi connectivity index (χ0n) is 17.4. The predicted molar refractivity (Wildman–Crippen MR) is 166 cm³/mol. The van der Waals surface area contributed by atoms with Crippen molar-refractivity contribution in [2.24, 2.45) is 15.0 Å². The van der Waals surface area contributed by atoms with Crippen LogP contribution in [0, 0.1) is 10.7 Å². The lowest BCUT2D eigenvalue weighted by Crippen LogP contribution is -1.92. The van der Waals surface area contributed by atoms with Gasteiger partial charge in [0.15, 0.2) is 0 Å². The first kappa shape index (κ1) is 24.2. The number of rotatable bonds is 6. The van der Waals surface area contributed by atoms with Crippen molar-refractivity contribution < 1.29 is 0 Å². The van der Waals surface area contributed by atoms with Crippen LogP contribution >= 0.6 is 67.8 Å². The maximum absolute atomic E-state index is 4.70. The summed E-state index contributed by atoms with van der Waals surface area (Å²) in [5.41, 5.74) is 5.82. The Balaban J connectivity index is 1.70.